The van der Waals surface area contributed by atoms with Crippen molar-refractivity contribution in [1.29, 1.82) is 0 Å². The minimum atomic E-state index is -0.492. The van der Waals surface area contributed by atoms with Gasteiger partial charge in [0.05, 0.1) is 6.54 Å². The molecule has 0 saturated carbocycles. The Labute approximate surface area is 192 Å². The van der Waals surface area contributed by atoms with Crippen LogP contribution in [0.5, 0.6) is 0 Å². The Hall–Kier alpha value is -3.20. The topological polar surface area (TPSA) is 83.8 Å². The summed E-state index contributed by atoms with van der Waals surface area (Å²) in [5.74, 6) is -0.114. The molecule has 0 aliphatic rings. The van der Waals surface area contributed by atoms with E-state index in [0.29, 0.717) is 15.9 Å². The average molecular weight is 498 g/mol. The van der Waals surface area contributed by atoms with Gasteiger partial charge in [0, 0.05) is 37.6 Å². The molecule has 166 valence electrons. The van der Waals surface area contributed by atoms with Gasteiger partial charge < -0.3 is 4.57 Å². The van der Waals surface area contributed by atoms with Crippen molar-refractivity contribution in [3.63, 3.8) is 0 Å². The number of nitrogens with zero attached hydrogens (tertiary/aromatic N) is 5. The first-order valence-corrected chi connectivity index (χ1v) is 11.1. The highest BCUT2D eigenvalue weighted by atomic mass is 79.9. The minimum absolute atomic E-state index is 0.0412. The lowest BCUT2D eigenvalue weighted by molar-refractivity contribution is 0.0971. The van der Waals surface area contributed by atoms with Crippen molar-refractivity contribution >= 4 is 32.9 Å². The van der Waals surface area contributed by atoms with Crippen LogP contribution in [0.4, 0.5) is 0 Å². The highest BCUT2D eigenvalue weighted by Gasteiger charge is 2.22. The molecule has 0 unspecified atom stereocenters. The van der Waals surface area contributed by atoms with Crippen molar-refractivity contribution in [2.24, 2.45) is 14.1 Å². The third-order valence-electron chi connectivity index (χ3n) is 5.94. The number of imidazole rings is 1. The van der Waals surface area contributed by atoms with Gasteiger partial charge in [-0.1, -0.05) is 30.3 Å². The number of halogens is 1. The van der Waals surface area contributed by atoms with Crippen LogP contribution >= 0.6 is 15.9 Å². The van der Waals surface area contributed by atoms with Gasteiger partial charge in [-0.15, -0.1) is 0 Å². The minimum Gasteiger partial charge on any atom is -0.348 e. The van der Waals surface area contributed by atoms with Crippen LogP contribution in [0.3, 0.4) is 0 Å². The number of carbonyl (C=O) groups excluding carboxylic acids is 1. The summed E-state index contributed by atoms with van der Waals surface area (Å²) in [5, 5.41) is 0. The quantitative estimate of drug-likeness (QED) is 0.302. The van der Waals surface area contributed by atoms with Crippen LogP contribution in [-0.4, -0.2) is 29.0 Å². The van der Waals surface area contributed by atoms with E-state index in [4.69, 9.17) is 0 Å². The largest absolute Gasteiger partial charge is 0.348 e. The predicted molar refractivity (Wildman–Crippen MR) is 126 cm³/mol. The number of rotatable bonds is 6. The number of carbonyl (C=O) groups is 1. The molecule has 9 heteroatoms. The molecule has 0 N–H and O–H groups in total. The van der Waals surface area contributed by atoms with Crippen molar-refractivity contribution in [1.82, 2.24) is 23.3 Å². The fourth-order valence-electron chi connectivity index (χ4n) is 4.14. The maximum atomic E-state index is 13.3. The molecular formula is C23H24BrN5O3. The second-order valence-electron chi connectivity index (χ2n) is 7.94. The van der Waals surface area contributed by atoms with Gasteiger partial charge in [0.1, 0.15) is 0 Å². The zero-order valence-corrected chi connectivity index (χ0v) is 20.0. The number of aromatic nitrogens is 5. The molecule has 0 radical (unpaired) electrons. The maximum Gasteiger partial charge on any atom is 0.332 e. The van der Waals surface area contributed by atoms with Crippen LogP contribution < -0.4 is 11.2 Å². The second-order valence-corrected chi connectivity index (χ2v) is 8.65. The third kappa shape index (κ3) is 3.66. The molecule has 0 fully saturated rings. The fourth-order valence-corrected chi connectivity index (χ4v) is 4.62. The van der Waals surface area contributed by atoms with E-state index in [1.54, 1.807) is 11.6 Å². The van der Waals surface area contributed by atoms with Gasteiger partial charge in [-0.25, -0.2) is 9.78 Å². The predicted octanol–water partition coefficient (Wildman–Crippen LogP) is 2.74. The average Bonchev–Trinajstić information content (AvgIpc) is 3.26. The molecule has 0 bridgehead atoms. The van der Waals surface area contributed by atoms with Crippen molar-refractivity contribution in [3.8, 4) is 0 Å². The Balaban J connectivity index is 1.67. The summed E-state index contributed by atoms with van der Waals surface area (Å²) in [4.78, 5) is 42.4. The molecular weight excluding hydrogens is 474 g/mol. The lowest BCUT2D eigenvalue weighted by Gasteiger charge is -2.11. The van der Waals surface area contributed by atoms with Gasteiger partial charge in [0.25, 0.3) is 5.56 Å². The van der Waals surface area contributed by atoms with Crippen LogP contribution in [0, 0.1) is 13.8 Å². The summed E-state index contributed by atoms with van der Waals surface area (Å²) < 4.78 is 6.39. The Morgan fingerprint density at radius 2 is 1.72 bits per heavy atom. The lowest BCUT2D eigenvalue weighted by atomic mass is 10.1. The summed E-state index contributed by atoms with van der Waals surface area (Å²) in [6, 6.07) is 12.1. The molecule has 0 saturated heterocycles. The molecule has 32 heavy (non-hydrogen) atoms. The van der Waals surface area contributed by atoms with Crippen molar-refractivity contribution in [3.05, 3.63) is 84.5 Å². The van der Waals surface area contributed by atoms with Crippen LogP contribution in [0.15, 0.2) is 50.7 Å². The summed E-state index contributed by atoms with van der Waals surface area (Å²) in [6.45, 7) is 4.67. The van der Waals surface area contributed by atoms with Gasteiger partial charge in [-0.2, -0.15) is 0 Å². The summed E-state index contributed by atoms with van der Waals surface area (Å²) in [5.41, 5.74) is 3.27. The normalized spacial score (nSPS) is 11.4. The van der Waals surface area contributed by atoms with E-state index in [9.17, 15) is 14.4 Å². The molecule has 0 spiro atoms. The Morgan fingerprint density at radius 3 is 2.41 bits per heavy atom. The molecule has 0 atom stereocenters. The van der Waals surface area contributed by atoms with Crippen LogP contribution in [0.2, 0.25) is 0 Å². The number of hydrogen-bond acceptors (Lipinski definition) is 4. The van der Waals surface area contributed by atoms with Gasteiger partial charge in [0.2, 0.25) is 0 Å². The Bertz CT molecular complexity index is 1460. The SMILES string of the molecule is Cc1cc(C(=O)Cn2c(Br)nc3c(=O)n(C)c(=O)n(C)c32)c(C)n1CCc1ccccc1. The molecule has 0 aliphatic carbocycles. The zero-order chi connectivity index (χ0) is 23.2. The molecule has 1 aromatic carbocycles. The number of fused-ring (bicyclic) bond motifs is 1. The molecule has 4 aromatic rings. The number of hydrogen-bond donors (Lipinski definition) is 0. The fraction of sp³-hybridized carbons (Fsp3) is 0.304. The lowest BCUT2D eigenvalue weighted by Crippen LogP contribution is -2.37. The maximum absolute atomic E-state index is 13.3. The van der Waals surface area contributed by atoms with E-state index in [1.165, 1.54) is 17.2 Å². The summed E-state index contributed by atoms with van der Waals surface area (Å²) in [6.07, 6.45) is 0.869. The molecule has 0 amide bonds. The van der Waals surface area contributed by atoms with Gasteiger partial charge in [-0.05, 0) is 47.8 Å². The smallest absolute Gasteiger partial charge is 0.332 e. The highest BCUT2D eigenvalue weighted by molar-refractivity contribution is 9.10. The van der Waals surface area contributed by atoms with Crippen molar-refractivity contribution < 1.29 is 4.79 Å². The van der Waals surface area contributed by atoms with Crippen molar-refractivity contribution in [2.45, 2.75) is 33.4 Å². The standard InChI is InChI=1S/C23H24BrN5O3/c1-14-12-17(15(2)28(14)11-10-16-8-6-5-7-9-16)18(30)13-29-20-19(25-22(29)24)21(31)27(4)23(32)26(20)3/h5-9,12H,10-11,13H2,1-4H3. The van der Waals surface area contributed by atoms with E-state index in [1.807, 2.05) is 38.1 Å². The van der Waals surface area contributed by atoms with E-state index in [-0.39, 0.29) is 17.8 Å². The van der Waals surface area contributed by atoms with Crippen LogP contribution in [0.25, 0.3) is 11.2 Å². The summed E-state index contributed by atoms with van der Waals surface area (Å²) >= 11 is 3.35. The Morgan fingerprint density at radius 1 is 1.03 bits per heavy atom. The van der Waals surface area contributed by atoms with Crippen molar-refractivity contribution in [2.75, 3.05) is 0 Å². The first-order valence-electron chi connectivity index (χ1n) is 10.3. The van der Waals surface area contributed by atoms with Crippen LogP contribution in [-0.2, 0) is 33.6 Å². The van der Waals surface area contributed by atoms with E-state index in [2.05, 4.69) is 37.6 Å². The van der Waals surface area contributed by atoms with Gasteiger partial charge in [0.15, 0.2) is 21.7 Å². The van der Waals surface area contributed by atoms with E-state index < -0.39 is 11.2 Å². The number of aryl methyl sites for hydroxylation is 3. The second kappa shape index (κ2) is 8.38. The van der Waals surface area contributed by atoms with Gasteiger partial charge >= 0.3 is 5.69 Å². The number of ketones is 1. The molecule has 3 aromatic heterocycles. The third-order valence-corrected chi connectivity index (χ3v) is 6.54. The molecule has 0 aliphatic heterocycles. The monoisotopic (exact) mass is 497 g/mol. The van der Waals surface area contributed by atoms with E-state index >= 15 is 0 Å². The highest BCUT2D eigenvalue weighted by Crippen LogP contribution is 2.21. The molecule has 3 heterocycles. The first kappa shape index (κ1) is 22.0. The number of Topliss-reactive ketones (excluding diaryl/α,β-unsaturated/α-hetero) is 1. The molecule has 4 rings (SSSR count). The number of benzene rings is 1. The van der Waals surface area contributed by atoms with Gasteiger partial charge in [-0.3, -0.25) is 23.3 Å². The Kier molecular flexibility index (Phi) is 5.77. The van der Waals surface area contributed by atoms with E-state index in [0.717, 1.165) is 28.9 Å². The zero-order valence-electron chi connectivity index (χ0n) is 18.4. The van der Waals surface area contributed by atoms with Crippen LogP contribution in [0.1, 0.15) is 27.3 Å². The first-order chi connectivity index (χ1) is 15.2. The molecule has 8 nitrogen and oxygen atoms in total. The summed E-state index contributed by atoms with van der Waals surface area (Å²) in [7, 11) is 2.97.